The van der Waals surface area contributed by atoms with E-state index in [2.05, 4.69) is 0 Å². The van der Waals surface area contributed by atoms with E-state index in [-0.39, 0.29) is 18.1 Å². The average molecular weight is 242 g/mol. The van der Waals surface area contributed by atoms with Crippen LogP contribution in [0.15, 0.2) is 0 Å². The van der Waals surface area contributed by atoms with E-state index in [4.69, 9.17) is 10.8 Å². The fourth-order valence-corrected chi connectivity index (χ4v) is 2.64. The van der Waals surface area contributed by atoms with E-state index >= 15 is 0 Å². The molecule has 0 amide bonds. The Morgan fingerprint density at radius 2 is 2.18 bits per heavy atom. The lowest BCUT2D eigenvalue weighted by molar-refractivity contribution is -0.141. The van der Waals surface area contributed by atoms with E-state index in [1.807, 2.05) is 18.9 Å². The normalized spacial score (nSPS) is 32.1. The van der Waals surface area contributed by atoms with Crippen molar-refractivity contribution in [3.63, 3.8) is 0 Å². The molecule has 1 fully saturated rings. The Labute approximate surface area is 102 Å². The Kier molecular flexibility index (Phi) is 4.27. The minimum Gasteiger partial charge on any atom is -0.481 e. The van der Waals surface area contributed by atoms with Crippen LogP contribution in [-0.4, -0.2) is 46.9 Å². The zero-order valence-corrected chi connectivity index (χ0v) is 10.8. The number of rotatable bonds is 4. The maximum Gasteiger partial charge on any atom is 0.303 e. The second kappa shape index (κ2) is 5.14. The Hall–Kier alpha value is -0.940. The molecule has 0 aliphatic carbocycles. The van der Waals surface area contributed by atoms with Gasteiger partial charge in [0.25, 0.3) is 0 Å². The molecular formula is C12H22N2O3. The van der Waals surface area contributed by atoms with Crippen molar-refractivity contribution in [2.24, 2.45) is 11.7 Å². The number of carbonyl (C=O) groups excluding carboxylic acids is 1. The summed E-state index contributed by atoms with van der Waals surface area (Å²) in [6, 6.07) is -0.508. The Balaban J connectivity index is 2.81. The van der Waals surface area contributed by atoms with Crippen LogP contribution in [0.3, 0.4) is 0 Å². The molecule has 17 heavy (non-hydrogen) atoms. The predicted octanol–water partition coefficient (Wildman–Crippen LogP) is 0.478. The van der Waals surface area contributed by atoms with Crippen molar-refractivity contribution in [1.29, 1.82) is 0 Å². The third-order valence-electron chi connectivity index (χ3n) is 3.81. The van der Waals surface area contributed by atoms with E-state index in [0.29, 0.717) is 6.42 Å². The molecule has 0 aromatic rings. The summed E-state index contributed by atoms with van der Waals surface area (Å²) < 4.78 is 0. The fraction of sp³-hybridized carbons (Fsp3) is 0.833. The second-order valence-corrected chi connectivity index (χ2v) is 5.31. The number of carbonyl (C=O) groups is 2. The van der Waals surface area contributed by atoms with Gasteiger partial charge in [-0.1, -0.05) is 0 Å². The number of Topliss-reactive ketones (excluding diaryl/α,β-unsaturated/α-hetero) is 1. The highest BCUT2D eigenvalue weighted by Crippen LogP contribution is 2.33. The van der Waals surface area contributed by atoms with Crippen molar-refractivity contribution in [2.45, 2.75) is 44.7 Å². The van der Waals surface area contributed by atoms with E-state index < -0.39 is 17.6 Å². The van der Waals surface area contributed by atoms with Crippen LogP contribution in [0, 0.1) is 5.92 Å². The number of carboxylic acid groups (broad SMARTS) is 1. The largest absolute Gasteiger partial charge is 0.481 e. The molecule has 0 aromatic carbocycles. The van der Waals surface area contributed by atoms with Crippen LogP contribution in [-0.2, 0) is 9.59 Å². The van der Waals surface area contributed by atoms with Gasteiger partial charge in [0, 0.05) is 6.42 Å². The molecule has 1 heterocycles. The van der Waals surface area contributed by atoms with Gasteiger partial charge in [-0.05, 0) is 46.2 Å². The monoisotopic (exact) mass is 242 g/mol. The Bertz CT molecular complexity index is 317. The van der Waals surface area contributed by atoms with Gasteiger partial charge in [-0.3, -0.25) is 14.5 Å². The van der Waals surface area contributed by atoms with Crippen molar-refractivity contribution >= 4 is 11.8 Å². The van der Waals surface area contributed by atoms with Gasteiger partial charge in [-0.2, -0.15) is 0 Å². The number of nitrogens with zero attached hydrogens (tertiary/aromatic N) is 1. The smallest absolute Gasteiger partial charge is 0.303 e. The van der Waals surface area contributed by atoms with Crippen LogP contribution in [0.2, 0.25) is 0 Å². The number of carboxylic acids is 1. The lowest BCUT2D eigenvalue weighted by Gasteiger charge is -2.45. The van der Waals surface area contributed by atoms with Gasteiger partial charge >= 0.3 is 5.97 Å². The average Bonchev–Trinajstić information content (AvgIpc) is 2.21. The maximum absolute atomic E-state index is 12.1. The standard InChI is InChI=1S/C12H22N2O3/c1-8(13)11(17)12(2)7-9(6-10(15)16)4-5-14(12)3/h8-9H,4-7,13H2,1-3H3,(H,15,16). The molecule has 0 saturated carbocycles. The summed E-state index contributed by atoms with van der Waals surface area (Å²) in [6.45, 7) is 4.29. The number of nitrogens with two attached hydrogens (primary N) is 1. The van der Waals surface area contributed by atoms with Crippen LogP contribution in [0.5, 0.6) is 0 Å². The molecule has 1 saturated heterocycles. The summed E-state index contributed by atoms with van der Waals surface area (Å²) in [5, 5.41) is 8.83. The van der Waals surface area contributed by atoms with Crippen molar-refractivity contribution < 1.29 is 14.7 Å². The number of aliphatic carboxylic acids is 1. The van der Waals surface area contributed by atoms with Crippen LogP contribution in [0.25, 0.3) is 0 Å². The summed E-state index contributed by atoms with van der Waals surface area (Å²) in [5.41, 5.74) is 5.05. The van der Waals surface area contributed by atoms with Crippen molar-refractivity contribution in [2.75, 3.05) is 13.6 Å². The molecule has 98 valence electrons. The van der Waals surface area contributed by atoms with Crippen molar-refractivity contribution in [3.8, 4) is 0 Å². The number of likely N-dealkylation sites (tertiary alicyclic amines) is 1. The van der Waals surface area contributed by atoms with Gasteiger partial charge in [0.05, 0.1) is 11.6 Å². The lowest BCUT2D eigenvalue weighted by Crippen LogP contribution is -2.59. The Morgan fingerprint density at radius 3 is 2.65 bits per heavy atom. The zero-order chi connectivity index (χ0) is 13.2. The highest BCUT2D eigenvalue weighted by atomic mass is 16.4. The molecule has 5 nitrogen and oxygen atoms in total. The van der Waals surface area contributed by atoms with Crippen LogP contribution in [0.4, 0.5) is 0 Å². The summed E-state index contributed by atoms with van der Waals surface area (Å²) in [7, 11) is 1.90. The summed E-state index contributed by atoms with van der Waals surface area (Å²) in [4.78, 5) is 24.9. The molecule has 0 spiro atoms. The van der Waals surface area contributed by atoms with Gasteiger partial charge in [0.1, 0.15) is 0 Å². The van der Waals surface area contributed by atoms with Crippen LogP contribution < -0.4 is 5.73 Å². The highest BCUT2D eigenvalue weighted by Gasteiger charge is 2.43. The van der Waals surface area contributed by atoms with E-state index in [1.54, 1.807) is 6.92 Å². The molecule has 3 unspecified atom stereocenters. The molecule has 3 atom stereocenters. The number of likely N-dealkylation sites (N-methyl/N-ethyl adjacent to an activating group) is 1. The fourth-order valence-electron chi connectivity index (χ4n) is 2.64. The maximum atomic E-state index is 12.1. The zero-order valence-electron chi connectivity index (χ0n) is 10.8. The third-order valence-corrected chi connectivity index (χ3v) is 3.81. The van der Waals surface area contributed by atoms with Crippen LogP contribution >= 0.6 is 0 Å². The van der Waals surface area contributed by atoms with Gasteiger partial charge in [0.15, 0.2) is 5.78 Å². The molecule has 5 heteroatoms. The summed E-state index contributed by atoms with van der Waals surface area (Å²) in [5.74, 6) is -0.735. The first-order valence-corrected chi connectivity index (χ1v) is 6.00. The number of hydrogen-bond donors (Lipinski definition) is 2. The van der Waals surface area contributed by atoms with Gasteiger partial charge < -0.3 is 10.8 Å². The van der Waals surface area contributed by atoms with Gasteiger partial charge in [-0.15, -0.1) is 0 Å². The second-order valence-electron chi connectivity index (χ2n) is 5.31. The predicted molar refractivity (Wildman–Crippen MR) is 64.7 cm³/mol. The SMILES string of the molecule is CC(N)C(=O)C1(C)CC(CC(=O)O)CCN1C. The molecule has 1 rings (SSSR count). The molecule has 0 bridgehead atoms. The first kappa shape index (κ1) is 14.1. The first-order chi connectivity index (χ1) is 7.77. The highest BCUT2D eigenvalue weighted by molar-refractivity contribution is 5.92. The third kappa shape index (κ3) is 3.04. The number of ketones is 1. The number of hydrogen-bond acceptors (Lipinski definition) is 4. The minimum absolute atomic E-state index is 0.00455. The van der Waals surface area contributed by atoms with E-state index in [9.17, 15) is 9.59 Å². The topological polar surface area (TPSA) is 83.6 Å². The molecule has 0 radical (unpaired) electrons. The minimum atomic E-state index is -0.796. The van der Waals surface area contributed by atoms with Gasteiger partial charge in [-0.25, -0.2) is 0 Å². The van der Waals surface area contributed by atoms with Gasteiger partial charge in [0.2, 0.25) is 0 Å². The Morgan fingerprint density at radius 1 is 1.59 bits per heavy atom. The van der Waals surface area contributed by atoms with Crippen molar-refractivity contribution in [3.05, 3.63) is 0 Å². The first-order valence-electron chi connectivity index (χ1n) is 6.00. The molecular weight excluding hydrogens is 220 g/mol. The quantitative estimate of drug-likeness (QED) is 0.749. The van der Waals surface area contributed by atoms with E-state index in [0.717, 1.165) is 13.0 Å². The molecule has 0 aromatic heterocycles. The van der Waals surface area contributed by atoms with Crippen molar-refractivity contribution in [1.82, 2.24) is 4.90 Å². The molecule has 1 aliphatic heterocycles. The number of piperidine rings is 1. The lowest BCUT2D eigenvalue weighted by atomic mass is 9.76. The molecule has 3 N–H and O–H groups in total. The van der Waals surface area contributed by atoms with E-state index in [1.165, 1.54) is 0 Å². The summed E-state index contributed by atoms with van der Waals surface area (Å²) in [6.07, 6.45) is 1.54. The molecule has 1 aliphatic rings. The summed E-state index contributed by atoms with van der Waals surface area (Å²) >= 11 is 0. The van der Waals surface area contributed by atoms with Crippen LogP contribution in [0.1, 0.15) is 33.1 Å².